The van der Waals surface area contributed by atoms with Gasteiger partial charge in [-0.1, -0.05) is 91.0 Å². The number of nitrogens with one attached hydrogen (secondary N) is 1. The van der Waals surface area contributed by atoms with E-state index in [1.54, 1.807) is 0 Å². The Morgan fingerprint density at radius 1 is 0.800 bits per heavy atom. The van der Waals surface area contributed by atoms with E-state index in [0.717, 1.165) is 27.3 Å². The summed E-state index contributed by atoms with van der Waals surface area (Å²) in [5.74, 6) is -0.749. The van der Waals surface area contributed by atoms with Crippen LogP contribution in [0.4, 0.5) is 0 Å². The van der Waals surface area contributed by atoms with Gasteiger partial charge in [-0.05, 0) is 16.7 Å². The maximum Gasteiger partial charge on any atom is 0.243 e. The molecule has 3 rings (SSSR count). The molecule has 3 aromatic rings. The van der Waals surface area contributed by atoms with Gasteiger partial charge < -0.3 is 10.2 Å². The van der Waals surface area contributed by atoms with Crippen molar-refractivity contribution in [2.45, 2.75) is 25.6 Å². The summed E-state index contributed by atoms with van der Waals surface area (Å²) in [5, 5.41) is 2.96. The van der Waals surface area contributed by atoms with Crippen LogP contribution in [0.1, 0.15) is 16.7 Å². The van der Waals surface area contributed by atoms with E-state index in [4.69, 9.17) is 0 Å². The largest absolute Gasteiger partial charge is 0.350 e. The van der Waals surface area contributed by atoms with E-state index in [1.165, 1.54) is 11.9 Å². The van der Waals surface area contributed by atoms with Gasteiger partial charge in [-0.15, -0.1) is 0 Å². The van der Waals surface area contributed by atoms with Gasteiger partial charge in [0.15, 0.2) is 0 Å². The standard InChI is InChI=1S/C27H31N3O4S/c1-29(35(2,33)34)21-26(31)30(20-24-16-10-5-11-17-24)25(18-22-12-6-3-7-13-22)27(32)28-19-23-14-8-4-9-15-23/h3-17,25H,18-21H2,1-2H3,(H,28,32). The van der Waals surface area contributed by atoms with Crippen LogP contribution in [0, 0.1) is 0 Å². The summed E-state index contributed by atoms with van der Waals surface area (Å²) in [6, 6.07) is 27.5. The van der Waals surface area contributed by atoms with E-state index < -0.39 is 22.0 Å². The molecule has 0 aliphatic heterocycles. The second-order valence-electron chi connectivity index (χ2n) is 8.44. The molecule has 0 fully saturated rings. The number of hydrogen-bond acceptors (Lipinski definition) is 4. The Kier molecular flexibility index (Phi) is 9.17. The Balaban J connectivity index is 1.92. The van der Waals surface area contributed by atoms with Crippen molar-refractivity contribution in [1.29, 1.82) is 0 Å². The molecule has 1 unspecified atom stereocenters. The van der Waals surface area contributed by atoms with E-state index >= 15 is 0 Å². The molecule has 1 N–H and O–H groups in total. The van der Waals surface area contributed by atoms with Crippen molar-refractivity contribution in [3.63, 3.8) is 0 Å². The third-order valence-corrected chi connectivity index (χ3v) is 6.96. The molecule has 184 valence electrons. The van der Waals surface area contributed by atoms with E-state index in [1.807, 2.05) is 91.0 Å². The highest BCUT2D eigenvalue weighted by Crippen LogP contribution is 2.16. The Labute approximate surface area is 207 Å². The zero-order valence-electron chi connectivity index (χ0n) is 20.0. The van der Waals surface area contributed by atoms with Gasteiger partial charge in [0.2, 0.25) is 21.8 Å². The van der Waals surface area contributed by atoms with Crippen molar-refractivity contribution in [1.82, 2.24) is 14.5 Å². The fourth-order valence-electron chi connectivity index (χ4n) is 3.64. The predicted octanol–water partition coefficient (Wildman–Crippen LogP) is 2.83. The normalized spacial score (nSPS) is 12.2. The maximum absolute atomic E-state index is 13.5. The first-order chi connectivity index (χ1) is 16.7. The molecule has 0 aromatic heterocycles. The highest BCUT2D eigenvalue weighted by atomic mass is 32.2. The second kappa shape index (κ2) is 12.3. The minimum Gasteiger partial charge on any atom is -0.350 e. The van der Waals surface area contributed by atoms with Crippen molar-refractivity contribution in [3.8, 4) is 0 Å². The molecule has 0 bridgehead atoms. The molecule has 0 heterocycles. The van der Waals surface area contributed by atoms with Gasteiger partial charge in [0.1, 0.15) is 6.04 Å². The second-order valence-corrected chi connectivity index (χ2v) is 10.5. The molecule has 8 heteroatoms. The van der Waals surface area contributed by atoms with Crippen molar-refractivity contribution in [2.75, 3.05) is 19.8 Å². The fourth-order valence-corrected chi connectivity index (χ4v) is 3.98. The average Bonchev–Trinajstić information content (AvgIpc) is 2.86. The van der Waals surface area contributed by atoms with Crippen molar-refractivity contribution >= 4 is 21.8 Å². The van der Waals surface area contributed by atoms with E-state index in [2.05, 4.69) is 5.32 Å². The summed E-state index contributed by atoms with van der Waals surface area (Å²) in [7, 11) is -2.21. The van der Waals surface area contributed by atoms with Crippen molar-refractivity contribution in [2.24, 2.45) is 0 Å². The molecule has 0 spiro atoms. The summed E-state index contributed by atoms with van der Waals surface area (Å²) >= 11 is 0. The summed E-state index contributed by atoms with van der Waals surface area (Å²) < 4.78 is 25.0. The third kappa shape index (κ3) is 8.05. The number of carbonyl (C=O) groups excluding carboxylic acids is 2. The lowest BCUT2D eigenvalue weighted by Gasteiger charge is -2.32. The Morgan fingerprint density at radius 2 is 1.29 bits per heavy atom. The quantitative estimate of drug-likeness (QED) is 0.445. The first-order valence-electron chi connectivity index (χ1n) is 11.3. The lowest BCUT2D eigenvalue weighted by atomic mass is 10.0. The van der Waals surface area contributed by atoms with Gasteiger partial charge in [0.25, 0.3) is 0 Å². The summed E-state index contributed by atoms with van der Waals surface area (Å²) in [5.41, 5.74) is 2.68. The number of amides is 2. The Morgan fingerprint density at radius 3 is 1.80 bits per heavy atom. The van der Waals surface area contributed by atoms with Crippen LogP contribution in [0.2, 0.25) is 0 Å². The topological polar surface area (TPSA) is 86.8 Å². The number of hydrogen-bond donors (Lipinski definition) is 1. The van der Waals surface area contributed by atoms with Crippen LogP contribution >= 0.6 is 0 Å². The molecular formula is C27H31N3O4S. The van der Waals surface area contributed by atoms with Crippen molar-refractivity contribution < 1.29 is 18.0 Å². The molecule has 0 saturated heterocycles. The van der Waals surface area contributed by atoms with E-state index in [9.17, 15) is 18.0 Å². The minimum absolute atomic E-state index is 0.174. The molecule has 0 radical (unpaired) electrons. The number of carbonyl (C=O) groups is 2. The molecule has 35 heavy (non-hydrogen) atoms. The molecule has 0 saturated carbocycles. The molecular weight excluding hydrogens is 462 g/mol. The maximum atomic E-state index is 13.5. The van der Waals surface area contributed by atoms with Crippen LogP contribution in [-0.2, 0) is 39.1 Å². The summed E-state index contributed by atoms with van der Waals surface area (Å²) in [6.07, 6.45) is 1.35. The van der Waals surface area contributed by atoms with Crippen LogP contribution in [0.15, 0.2) is 91.0 Å². The summed E-state index contributed by atoms with van der Waals surface area (Å²) in [6.45, 7) is 0.137. The number of sulfonamides is 1. The van der Waals surface area contributed by atoms with E-state index in [0.29, 0.717) is 13.0 Å². The van der Waals surface area contributed by atoms with Gasteiger partial charge in [0, 0.05) is 26.6 Å². The number of nitrogens with zero attached hydrogens (tertiary/aromatic N) is 2. The van der Waals surface area contributed by atoms with Crippen molar-refractivity contribution in [3.05, 3.63) is 108 Å². The minimum atomic E-state index is -3.57. The lowest BCUT2D eigenvalue weighted by Crippen LogP contribution is -2.52. The third-order valence-electron chi connectivity index (χ3n) is 5.70. The Bertz CT molecular complexity index is 1200. The highest BCUT2D eigenvalue weighted by Gasteiger charge is 2.31. The zero-order valence-corrected chi connectivity index (χ0v) is 20.8. The van der Waals surface area contributed by atoms with Crippen LogP contribution < -0.4 is 5.32 Å². The van der Waals surface area contributed by atoms with Gasteiger partial charge in [-0.3, -0.25) is 9.59 Å². The molecule has 2 amide bonds. The van der Waals surface area contributed by atoms with Crippen LogP contribution in [0.25, 0.3) is 0 Å². The highest BCUT2D eigenvalue weighted by molar-refractivity contribution is 7.88. The number of likely N-dealkylation sites (N-methyl/N-ethyl adjacent to an activating group) is 1. The lowest BCUT2D eigenvalue weighted by molar-refractivity contribution is -0.141. The van der Waals surface area contributed by atoms with Gasteiger partial charge in [-0.25, -0.2) is 8.42 Å². The van der Waals surface area contributed by atoms with Gasteiger partial charge in [0.05, 0.1) is 12.8 Å². The SMILES string of the molecule is CN(CC(=O)N(Cc1ccccc1)C(Cc1ccccc1)C(=O)NCc1ccccc1)S(C)(=O)=O. The van der Waals surface area contributed by atoms with Gasteiger partial charge in [-0.2, -0.15) is 4.31 Å². The van der Waals surface area contributed by atoms with Crippen LogP contribution in [-0.4, -0.2) is 55.3 Å². The molecule has 7 nitrogen and oxygen atoms in total. The number of rotatable bonds is 11. The molecule has 0 aliphatic carbocycles. The average molecular weight is 494 g/mol. The van der Waals surface area contributed by atoms with E-state index in [-0.39, 0.29) is 19.0 Å². The molecule has 3 aromatic carbocycles. The zero-order chi connectivity index (χ0) is 25.3. The summed E-state index contributed by atoms with van der Waals surface area (Å²) in [4.78, 5) is 28.4. The van der Waals surface area contributed by atoms with Crippen LogP contribution in [0.5, 0.6) is 0 Å². The molecule has 0 aliphatic rings. The first kappa shape index (κ1) is 26.1. The van der Waals surface area contributed by atoms with Crippen LogP contribution in [0.3, 0.4) is 0 Å². The monoisotopic (exact) mass is 493 g/mol. The Hall–Kier alpha value is -3.49. The number of benzene rings is 3. The predicted molar refractivity (Wildman–Crippen MR) is 137 cm³/mol. The molecule has 1 atom stereocenters. The smallest absolute Gasteiger partial charge is 0.243 e. The first-order valence-corrected chi connectivity index (χ1v) is 13.2. The fraction of sp³-hybridized carbons (Fsp3) is 0.259. The van der Waals surface area contributed by atoms with Gasteiger partial charge >= 0.3 is 0 Å².